The maximum Gasteiger partial charge on any atom is 0.261 e. The molecule has 3 rings (SSSR count). The highest BCUT2D eigenvalue weighted by Crippen LogP contribution is 2.29. The molecule has 0 aromatic carbocycles. The van der Waals surface area contributed by atoms with Gasteiger partial charge in [0.1, 0.15) is 10.3 Å². The van der Waals surface area contributed by atoms with E-state index >= 15 is 0 Å². The van der Waals surface area contributed by atoms with Crippen LogP contribution in [0.15, 0.2) is 44.8 Å². The number of thiocarbonyl (C=S) groups is 1. The molecule has 23 heavy (non-hydrogen) atoms. The minimum Gasteiger partial charge on any atom is -0.467 e. The molecule has 0 radical (unpaired) electrons. The number of rotatable bonds is 3. The van der Waals surface area contributed by atoms with E-state index in [1.54, 1.807) is 23.6 Å². The van der Waals surface area contributed by atoms with Crippen molar-refractivity contribution >= 4 is 38.8 Å². The largest absolute Gasteiger partial charge is 0.467 e. The van der Waals surface area contributed by atoms with Crippen LogP contribution in [0, 0.1) is 0 Å². The second kappa shape index (κ2) is 6.23. The summed E-state index contributed by atoms with van der Waals surface area (Å²) >= 11 is 6.28. The van der Waals surface area contributed by atoms with E-state index in [-0.39, 0.29) is 17.3 Å². The van der Waals surface area contributed by atoms with Gasteiger partial charge in [-0.05, 0) is 48.7 Å². The summed E-state index contributed by atoms with van der Waals surface area (Å²) in [5.74, 6) is 0. The summed E-state index contributed by atoms with van der Waals surface area (Å²) in [5, 5.41) is 5.01. The molecule has 6 nitrogen and oxygen atoms in total. The van der Waals surface area contributed by atoms with Crippen LogP contribution in [-0.4, -0.2) is 25.7 Å². The Morgan fingerprint density at radius 3 is 2.96 bits per heavy atom. The lowest BCUT2D eigenvalue weighted by Gasteiger charge is -2.24. The molecule has 2 unspecified atom stereocenters. The molecule has 124 valence electrons. The summed E-state index contributed by atoms with van der Waals surface area (Å²) in [5.41, 5.74) is 8.32. The van der Waals surface area contributed by atoms with Gasteiger partial charge in [0.05, 0.1) is 11.4 Å². The summed E-state index contributed by atoms with van der Waals surface area (Å²) in [6.07, 6.45) is 2.80. The predicted molar refractivity (Wildman–Crippen MR) is 93.2 cm³/mol. The molecule has 0 saturated heterocycles. The van der Waals surface area contributed by atoms with E-state index in [0.29, 0.717) is 22.7 Å². The van der Waals surface area contributed by atoms with Gasteiger partial charge in [0.15, 0.2) is 0 Å². The SMILES string of the molecule is CC1CC2=C(NC(=S)O1)C(N)=CC(NS(=O)(=O)c1cccs1)C2. The van der Waals surface area contributed by atoms with Gasteiger partial charge in [0.2, 0.25) is 0 Å². The standard InChI is InChI=1S/C14H17N3O3S3/c1-8-5-9-6-10(7-11(15)13(9)16-14(21)20-8)17-23(18,19)12-3-2-4-22-12/h2-4,7-8,10,17H,5-6,15H2,1H3,(H,16,21). The van der Waals surface area contributed by atoms with E-state index in [1.165, 1.54) is 11.3 Å². The van der Waals surface area contributed by atoms with Crippen LogP contribution >= 0.6 is 23.6 Å². The lowest BCUT2D eigenvalue weighted by Crippen LogP contribution is -2.37. The van der Waals surface area contributed by atoms with Gasteiger partial charge in [0, 0.05) is 12.5 Å². The normalized spacial score (nSPS) is 25.1. The highest BCUT2D eigenvalue weighted by Gasteiger charge is 2.29. The van der Waals surface area contributed by atoms with Gasteiger partial charge in [-0.25, -0.2) is 13.1 Å². The first-order chi connectivity index (χ1) is 10.8. The highest BCUT2D eigenvalue weighted by atomic mass is 32.2. The Bertz CT molecular complexity index is 781. The van der Waals surface area contributed by atoms with E-state index in [1.807, 2.05) is 6.92 Å². The number of hydrogen-bond donors (Lipinski definition) is 3. The van der Waals surface area contributed by atoms with Crippen molar-refractivity contribution in [1.82, 2.24) is 10.0 Å². The average molecular weight is 372 g/mol. The molecule has 2 heterocycles. The smallest absolute Gasteiger partial charge is 0.261 e. The first kappa shape index (κ1) is 16.4. The van der Waals surface area contributed by atoms with Crippen molar-refractivity contribution in [1.29, 1.82) is 0 Å². The fourth-order valence-electron chi connectivity index (χ4n) is 2.73. The summed E-state index contributed by atoms with van der Waals surface area (Å²) in [6, 6.07) is 2.90. The van der Waals surface area contributed by atoms with Gasteiger partial charge in [-0.2, -0.15) is 0 Å². The molecule has 0 amide bonds. The minimum atomic E-state index is -3.54. The Labute approximate surface area is 144 Å². The Kier molecular flexibility index (Phi) is 4.45. The molecule has 1 aliphatic heterocycles. The predicted octanol–water partition coefficient (Wildman–Crippen LogP) is 1.58. The van der Waals surface area contributed by atoms with Crippen molar-refractivity contribution in [3.05, 3.63) is 40.6 Å². The van der Waals surface area contributed by atoms with Crippen molar-refractivity contribution < 1.29 is 13.2 Å². The molecule has 1 aliphatic carbocycles. The zero-order valence-electron chi connectivity index (χ0n) is 12.4. The lowest BCUT2D eigenvalue weighted by atomic mass is 9.93. The van der Waals surface area contributed by atoms with Crippen LogP contribution in [0.5, 0.6) is 0 Å². The van der Waals surface area contributed by atoms with Crippen molar-refractivity contribution in [2.75, 3.05) is 0 Å². The second-order valence-electron chi connectivity index (χ2n) is 5.51. The van der Waals surface area contributed by atoms with Gasteiger partial charge >= 0.3 is 0 Å². The fourth-order valence-corrected chi connectivity index (χ4v) is 5.19. The van der Waals surface area contributed by atoms with Crippen LogP contribution in [0.1, 0.15) is 19.8 Å². The van der Waals surface area contributed by atoms with Crippen molar-refractivity contribution in [3.63, 3.8) is 0 Å². The van der Waals surface area contributed by atoms with Gasteiger partial charge in [-0.3, -0.25) is 0 Å². The van der Waals surface area contributed by atoms with Crippen LogP contribution in [0.4, 0.5) is 0 Å². The molecule has 4 N–H and O–H groups in total. The van der Waals surface area contributed by atoms with Crippen LogP contribution in [-0.2, 0) is 14.8 Å². The van der Waals surface area contributed by atoms with Gasteiger partial charge in [0.25, 0.3) is 15.2 Å². The van der Waals surface area contributed by atoms with Crippen LogP contribution in [0.2, 0.25) is 0 Å². The third-order valence-corrected chi connectivity index (χ3v) is 6.71. The molecule has 1 aromatic heterocycles. The number of hydrogen-bond acceptors (Lipinski definition) is 6. The number of thiophene rings is 1. The zero-order chi connectivity index (χ0) is 16.6. The van der Waals surface area contributed by atoms with Gasteiger partial charge in [-0.15, -0.1) is 11.3 Å². The van der Waals surface area contributed by atoms with Crippen molar-refractivity contribution in [2.24, 2.45) is 5.73 Å². The summed E-state index contributed by atoms with van der Waals surface area (Å²) in [4.78, 5) is 0. The quantitative estimate of drug-likeness (QED) is 0.699. The fraction of sp³-hybridized carbons (Fsp3) is 0.357. The van der Waals surface area contributed by atoms with E-state index in [2.05, 4.69) is 10.0 Å². The maximum atomic E-state index is 12.4. The van der Waals surface area contributed by atoms with E-state index in [9.17, 15) is 8.42 Å². The molecule has 1 aromatic rings. The van der Waals surface area contributed by atoms with Crippen molar-refractivity contribution in [3.8, 4) is 0 Å². The molecular formula is C14H17N3O3S3. The zero-order valence-corrected chi connectivity index (χ0v) is 14.9. The lowest BCUT2D eigenvalue weighted by molar-refractivity contribution is 0.210. The minimum absolute atomic E-state index is 0.0806. The number of ether oxygens (including phenoxy) is 1. The number of nitrogens with two attached hydrogens (primary N) is 1. The Morgan fingerprint density at radius 1 is 1.48 bits per heavy atom. The van der Waals surface area contributed by atoms with Crippen LogP contribution in [0.3, 0.4) is 0 Å². The summed E-state index contributed by atoms with van der Waals surface area (Å²) < 4.78 is 33.2. The molecule has 9 heteroatoms. The Morgan fingerprint density at radius 2 is 2.26 bits per heavy atom. The molecular weight excluding hydrogens is 354 g/mol. The Hall–Kier alpha value is -1.42. The van der Waals surface area contributed by atoms with Crippen molar-refractivity contribution in [2.45, 2.75) is 36.1 Å². The Balaban J connectivity index is 1.82. The first-order valence-electron chi connectivity index (χ1n) is 7.08. The first-order valence-corrected chi connectivity index (χ1v) is 9.85. The number of sulfonamides is 1. The van der Waals surface area contributed by atoms with E-state index < -0.39 is 10.0 Å². The molecule has 0 spiro atoms. The summed E-state index contributed by atoms with van der Waals surface area (Å²) in [7, 11) is -3.54. The van der Waals surface area contributed by atoms with Gasteiger partial charge < -0.3 is 15.8 Å². The number of nitrogens with one attached hydrogen (secondary N) is 2. The molecule has 0 fully saturated rings. The topological polar surface area (TPSA) is 93.4 Å². The summed E-state index contributed by atoms with van der Waals surface area (Å²) in [6.45, 7) is 1.92. The monoisotopic (exact) mass is 371 g/mol. The highest BCUT2D eigenvalue weighted by molar-refractivity contribution is 7.91. The third kappa shape index (κ3) is 3.57. The maximum absolute atomic E-state index is 12.4. The van der Waals surface area contributed by atoms with Gasteiger partial charge in [-0.1, -0.05) is 6.07 Å². The third-order valence-electron chi connectivity index (χ3n) is 3.62. The van der Waals surface area contributed by atoms with Crippen LogP contribution < -0.4 is 15.8 Å². The van der Waals surface area contributed by atoms with E-state index in [0.717, 1.165) is 11.3 Å². The molecule has 2 aliphatic rings. The molecule has 2 atom stereocenters. The van der Waals surface area contributed by atoms with E-state index in [4.69, 9.17) is 22.7 Å². The second-order valence-corrected chi connectivity index (χ2v) is 8.77. The van der Waals surface area contributed by atoms with Crippen LogP contribution in [0.25, 0.3) is 0 Å². The molecule has 0 bridgehead atoms. The average Bonchev–Trinajstić information content (AvgIpc) is 2.92. The molecule has 0 saturated carbocycles.